The molecule has 1 saturated heterocycles. The molecule has 3 aromatic rings. The summed E-state index contributed by atoms with van der Waals surface area (Å²) in [6.45, 7) is 7.84. The van der Waals surface area contributed by atoms with Gasteiger partial charge in [0.1, 0.15) is 5.82 Å². The summed E-state index contributed by atoms with van der Waals surface area (Å²) in [7, 11) is 3.77. The molecule has 0 unspecified atom stereocenters. The van der Waals surface area contributed by atoms with Crippen LogP contribution in [0, 0.1) is 6.92 Å². The van der Waals surface area contributed by atoms with Gasteiger partial charge >= 0.3 is 0 Å². The number of aryl methyl sites for hydroxylation is 1. The monoisotopic (exact) mass is 496 g/mol. The van der Waals surface area contributed by atoms with E-state index in [9.17, 15) is 0 Å². The Morgan fingerprint density at radius 2 is 2.00 bits per heavy atom. The van der Waals surface area contributed by atoms with Crippen molar-refractivity contribution in [3.8, 4) is 11.5 Å². The molecule has 1 aromatic heterocycles. The van der Waals surface area contributed by atoms with Gasteiger partial charge in [-0.15, -0.1) is 10.2 Å². The molecule has 4 rings (SSSR count). The van der Waals surface area contributed by atoms with Gasteiger partial charge in [-0.05, 0) is 62.6 Å². The van der Waals surface area contributed by atoms with Gasteiger partial charge in [0.05, 0.1) is 32.9 Å². The van der Waals surface area contributed by atoms with E-state index < -0.39 is 0 Å². The van der Waals surface area contributed by atoms with E-state index in [2.05, 4.69) is 70.0 Å². The van der Waals surface area contributed by atoms with E-state index in [0.717, 1.165) is 66.3 Å². The number of hydrogen-bond donors (Lipinski definition) is 0. The van der Waals surface area contributed by atoms with E-state index in [1.807, 2.05) is 13.0 Å². The average Bonchev–Trinajstić information content (AvgIpc) is 3.50. The molecule has 0 aliphatic carbocycles. The predicted octanol–water partition coefficient (Wildman–Crippen LogP) is 5.10. The van der Waals surface area contributed by atoms with Crippen LogP contribution in [0.4, 0.5) is 0 Å². The number of methoxy groups -OCH3 is 1. The average molecular weight is 497 g/mol. The molecule has 188 valence electrons. The fourth-order valence-corrected chi connectivity index (χ4v) is 5.37. The van der Waals surface area contributed by atoms with Gasteiger partial charge in [-0.3, -0.25) is 4.90 Å². The Balaban J connectivity index is 1.47. The second-order valence-electron chi connectivity index (χ2n) is 8.95. The topological polar surface area (TPSA) is 61.6 Å². The van der Waals surface area contributed by atoms with Crippen LogP contribution < -0.4 is 9.47 Å². The maximum Gasteiger partial charge on any atom is 0.191 e. The van der Waals surface area contributed by atoms with E-state index in [0.29, 0.717) is 13.2 Å². The Morgan fingerprint density at radius 1 is 1.14 bits per heavy atom. The molecule has 1 atom stereocenters. The van der Waals surface area contributed by atoms with Crippen LogP contribution in [0.15, 0.2) is 47.6 Å². The highest BCUT2D eigenvalue weighted by atomic mass is 32.2. The molecule has 1 aliphatic heterocycles. The van der Waals surface area contributed by atoms with Gasteiger partial charge in [0, 0.05) is 18.9 Å². The lowest BCUT2D eigenvalue weighted by molar-refractivity contribution is 0.0934. The minimum absolute atomic E-state index is 0.225. The van der Waals surface area contributed by atoms with Crippen LogP contribution >= 0.6 is 11.8 Å². The molecule has 8 heteroatoms. The van der Waals surface area contributed by atoms with Crippen LogP contribution in [0.5, 0.6) is 11.5 Å². The van der Waals surface area contributed by atoms with Crippen molar-refractivity contribution < 1.29 is 14.2 Å². The number of aromatic nitrogens is 3. The SMILES string of the molecule is CCOc1cc(CN(C)Cc2nnc(SCc3ccccc3C)n2C[C@@H]2CCCO2)ccc1OC. The van der Waals surface area contributed by atoms with Crippen LogP contribution in [0.25, 0.3) is 0 Å². The molecule has 0 radical (unpaired) electrons. The lowest BCUT2D eigenvalue weighted by Crippen LogP contribution is -2.23. The lowest BCUT2D eigenvalue weighted by atomic mass is 10.1. The minimum Gasteiger partial charge on any atom is -0.493 e. The normalized spacial score (nSPS) is 15.6. The zero-order chi connectivity index (χ0) is 24.6. The Kier molecular flexibility index (Phi) is 9.06. The Bertz CT molecular complexity index is 1100. The zero-order valence-corrected chi connectivity index (χ0v) is 22.0. The quantitative estimate of drug-likeness (QED) is 0.323. The maximum atomic E-state index is 5.95. The largest absolute Gasteiger partial charge is 0.493 e. The van der Waals surface area contributed by atoms with Crippen molar-refractivity contribution in [1.29, 1.82) is 0 Å². The van der Waals surface area contributed by atoms with E-state index in [1.54, 1.807) is 18.9 Å². The standard InChI is InChI=1S/C27H36N4O3S/c1-5-33-25-15-21(12-13-24(25)32-4)16-30(3)18-26-28-29-27(31(26)17-23-11-8-14-34-23)35-19-22-10-7-6-9-20(22)2/h6-7,9-10,12-13,15,23H,5,8,11,14,16-19H2,1-4H3/t23-/m0/s1. The first kappa shape index (κ1) is 25.5. The molecule has 35 heavy (non-hydrogen) atoms. The highest BCUT2D eigenvalue weighted by Crippen LogP contribution is 2.29. The predicted molar refractivity (Wildman–Crippen MR) is 139 cm³/mol. The summed E-state index contributed by atoms with van der Waals surface area (Å²) in [6, 6.07) is 14.6. The molecule has 0 saturated carbocycles. The molecule has 2 aromatic carbocycles. The van der Waals surface area contributed by atoms with Crippen molar-refractivity contribution in [3.05, 3.63) is 65.0 Å². The summed E-state index contributed by atoms with van der Waals surface area (Å²) in [6.07, 6.45) is 2.43. The van der Waals surface area contributed by atoms with Crippen LogP contribution in [-0.4, -0.2) is 53.1 Å². The number of benzene rings is 2. The number of nitrogens with zero attached hydrogens (tertiary/aromatic N) is 4. The van der Waals surface area contributed by atoms with Crippen molar-refractivity contribution in [1.82, 2.24) is 19.7 Å². The summed E-state index contributed by atoms with van der Waals surface area (Å²) in [5.41, 5.74) is 3.79. The van der Waals surface area contributed by atoms with Gasteiger partial charge in [0.2, 0.25) is 0 Å². The van der Waals surface area contributed by atoms with Gasteiger partial charge in [0.25, 0.3) is 0 Å². The van der Waals surface area contributed by atoms with Gasteiger partial charge in [0.15, 0.2) is 16.7 Å². The third-order valence-corrected chi connectivity index (χ3v) is 7.23. The number of thioether (sulfide) groups is 1. The highest BCUT2D eigenvalue weighted by Gasteiger charge is 2.22. The Labute approximate surface area is 212 Å². The highest BCUT2D eigenvalue weighted by molar-refractivity contribution is 7.98. The van der Waals surface area contributed by atoms with Gasteiger partial charge in [-0.25, -0.2) is 0 Å². The molecular weight excluding hydrogens is 460 g/mol. The molecule has 2 heterocycles. The third kappa shape index (κ3) is 6.78. The second-order valence-corrected chi connectivity index (χ2v) is 9.89. The van der Waals surface area contributed by atoms with E-state index >= 15 is 0 Å². The van der Waals surface area contributed by atoms with Crippen LogP contribution in [0.2, 0.25) is 0 Å². The van der Waals surface area contributed by atoms with Crippen molar-refractivity contribution in [2.24, 2.45) is 0 Å². The van der Waals surface area contributed by atoms with Crippen molar-refractivity contribution >= 4 is 11.8 Å². The fourth-order valence-electron chi connectivity index (χ4n) is 4.33. The van der Waals surface area contributed by atoms with Crippen LogP contribution in [-0.2, 0) is 30.1 Å². The van der Waals surface area contributed by atoms with E-state index in [-0.39, 0.29) is 6.10 Å². The number of rotatable bonds is 12. The zero-order valence-electron chi connectivity index (χ0n) is 21.2. The van der Waals surface area contributed by atoms with Gasteiger partial charge in [-0.1, -0.05) is 42.1 Å². The Hall–Kier alpha value is -2.55. The molecule has 1 aliphatic rings. The number of hydrogen-bond acceptors (Lipinski definition) is 7. The second kappa shape index (κ2) is 12.4. The summed E-state index contributed by atoms with van der Waals surface area (Å²) in [5.74, 6) is 3.37. The van der Waals surface area contributed by atoms with E-state index in [4.69, 9.17) is 14.2 Å². The molecule has 0 spiro atoms. The third-order valence-electron chi connectivity index (χ3n) is 6.21. The molecule has 0 bridgehead atoms. The summed E-state index contributed by atoms with van der Waals surface area (Å²) in [5, 5.41) is 10.1. The smallest absolute Gasteiger partial charge is 0.191 e. The van der Waals surface area contributed by atoms with Gasteiger partial charge < -0.3 is 18.8 Å². The minimum atomic E-state index is 0.225. The first-order valence-corrected chi connectivity index (χ1v) is 13.2. The van der Waals surface area contributed by atoms with Crippen molar-refractivity contribution in [2.75, 3.05) is 27.4 Å². The summed E-state index contributed by atoms with van der Waals surface area (Å²) in [4.78, 5) is 2.25. The fraction of sp³-hybridized carbons (Fsp3) is 0.481. The first-order chi connectivity index (χ1) is 17.1. The molecular formula is C27H36N4O3S. The summed E-state index contributed by atoms with van der Waals surface area (Å²) < 4.78 is 19.4. The van der Waals surface area contributed by atoms with Gasteiger partial charge in [-0.2, -0.15) is 0 Å². The molecule has 0 amide bonds. The molecule has 1 fully saturated rings. The lowest BCUT2D eigenvalue weighted by Gasteiger charge is -2.20. The van der Waals surface area contributed by atoms with E-state index in [1.165, 1.54) is 11.1 Å². The maximum absolute atomic E-state index is 5.95. The van der Waals surface area contributed by atoms with Crippen LogP contribution in [0.1, 0.15) is 42.3 Å². The molecule has 0 N–H and O–H groups in total. The van der Waals surface area contributed by atoms with Crippen molar-refractivity contribution in [2.45, 2.75) is 63.3 Å². The van der Waals surface area contributed by atoms with Crippen LogP contribution in [0.3, 0.4) is 0 Å². The first-order valence-electron chi connectivity index (χ1n) is 12.3. The Morgan fingerprint density at radius 3 is 2.74 bits per heavy atom. The summed E-state index contributed by atoms with van der Waals surface area (Å²) >= 11 is 1.75. The molecule has 7 nitrogen and oxygen atoms in total. The number of ether oxygens (including phenoxy) is 3. The van der Waals surface area contributed by atoms with Crippen molar-refractivity contribution in [3.63, 3.8) is 0 Å².